The molecule has 1 aromatic rings. The van der Waals surface area contributed by atoms with Crippen molar-refractivity contribution in [3.05, 3.63) is 29.3 Å². The molecule has 1 saturated carbocycles. The Morgan fingerprint density at radius 3 is 2.74 bits per heavy atom. The predicted molar refractivity (Wildman–Crippen MR) is 75.0 cm³/mol. The molecule has 0 heterocycles. The fourth-order valence-corrected chi connectivity index (χ4v) is 2.29. The molecule has 0 bridgehead atoms. The van der Waals surface area contributed by atoms with Crippen molar-refractivity contribution in [3.8, 4) is 5.75 Å². The number of hydrogen-bond acceptors (Lipinski definition) is 3. The first kappa shape index (κ1) is 13.9. The number of amides is 1. The van der Waals surface area contributed by atoms with Crippen molar-refractivity contribution in [1.82, 2.24) is 5.32 Å². The first-order valence-corrected chi connectivity index (χ1v) is 6.68. The van der Waals surface area contributed by atoms with Crippen molar-refractivity contribution in [3.63, 3.8) is 0 Å². The molecule has 0 spiro atoms. The normalized spacial score (nSPS) is 17.7. The molecule has 0 aliphatic heterocycles. The largest absolute Gasteiger partial charge is 0.496 e. The predicted octanol–water partition coefficient (Wildman–Crippen LogP) is 1.92. The minimum Gasteiger partial charge on any atom is -0.496 e. The molecule has 1 amide bonds. The Labute approximate surface area is 114 Å². The van der Waals surface area contributed by atoms with Crippen LogP contribution in [-0.2, 0) is 4.79 Å². The molecule has 1 aliphatic carbocycles. The Kier molecular flexibility index (Phi) is 3.80. The standard InChI is InChI=1S/C15H22N2O2/c1-10-4-5-13(19-3)12(8-10)11(2)17-14(18)15(9-16)6-7-15/h4-5,8,11H,6-7,9,16H2,1-3H3,(H,17,18). The van der Waals surface area contributed by atoms with Crippen LogP contribution < -0.4 is 15.8 Å². The van der Waals surface area contributed by atoms with Crippen molar-refractivity contribution < 1.29 is 9.53 Å². The van der Waals surface area contributed by atoms with E-state index in [0.29, 0.717) is 6.54 Å². The average Bonchev–Trinajstić information content (AvgIpc) is 3.19. The Morgan fingerprint density at radius 1 is 1.53 bits per heavy atom. The summed E-state index contributed by atoms with van der Waals surface area (Å²) in [5.41, 5.74) is 7.52. The summed E-state index contributed by atoms with van der Waals surface area (Å²) in [6, 6.07) is 5.90. The fourth-order valence-electron chi connectivity index (χ4n) is 2.29. The lowest BCUT2D eigenvalue weighted by Crippen LogP contribution is -2.38. The van der Waals surface area contributed by atoms with Crippen molar-refractivity contribution in [2.75, 3.05) is 13.7 Å². The SMILES string of the molecule is COc1ccc(C)cc1C(C)NC(=O)C1(CN)CC1. The number of benzene rings is 1. The van der Waals surface area contributed by atoms with Crippen LogP contribution in [0.2, 0.25) is 0 Å². The number of nitrogens with two attached hydrogens (primary N) is 1. The molecule has 104 valence electrons. The van der Waals surface area contributed by atoms with E-state index >= 15 is 0 Å². The quantitative estimate of drug-likeness (QED) is 0.852. The summed E-state index contributed by atoms with van der Waals surface area (Å²) in [5, 5.41) is 3.05. The van der Waals surface area contributed by atoms with Crippen LogP contribution in [-0.4, -0.2) is 19.6 Å². The van der Waals surface area contributed by atoms with Gasteiger partial charge in [0.2, 0.25) is 5.91 Å². The van der Waals surface area contributed by atoms with Crippen molar-refractivity contribution in [2.45, 2.75) is 32.7 Å². The minimum absolute atomic E-state index is 0.0612. The van der Waals surface area contributed by atoms with Crippen LogP contribution >= 0.6 is 0 Å². The number of carbonyl (C=O) groups is 1. The van der Waals surface area contributed by atoms with Gasteiger partial charge in [0.25, 0.3) is 0 Å². The Morgan fingerprint density at radius 2 is 2.21 bits per heavy atom. The molecular formula is C15H22N2O2. The van der Waals surface area contributed by atoms with E-state index < -0.39 is 0 Å². The third-order valence-electron chi connectivity index (χ3n) is 3.93. The zero-order valence-electron chi connectivity index (χ0n) is 11.8. The summed E-state index contributed by atoms with van der Waals surface area (Å²) in [6.07, 6.45) is 1.79. The zero-order chi connectivity index (χ0) is 14.0. The van der Waals surface area contributed by atoms with E-state index in [2.05, 4.69) is 5.32 Å². The summed E-state index contributed by atoms with van der Waals surface area (Å²) in [7, 11) is 1.64. The van der Waals surface area contributed by atoms with Gasteiger partial charge in [-0.25, -0.2) is 0 Å². The lowest BCUT2D eigenvalue weighted by atomic mass is 10.0. The molecule has 1 fully saturated rings. The highest BCUT2D eigenvalue weighted by molar-refractivity contribution is 5.86. The van der Waals surface area contributed by atoms with E-state index in [1.165, 1.54) is 0 Å². The smallest absolute Gasteiger partial charge is 0.227 e. The molecule has 3 N–H and O–H groups in total. The van der Waals surface area contributed by atoms with Crippen LogP contribution in [0, 0.1) is 12.3 Å². The van der Waals surface area contributed by atoms with Gasteiger partial charge in [-0.2, -0.15) is 0 Å². The lowest BCUT2D eigenvalue weighted by Gasteiger charge is -2.21. The number of rotatable bonds is 5. The maximum atomic E-state index is 12.2. The van der Waals surface area contributed by atoms with Crippen LogP contribution in [0.25, 0.3) is 0 Å². The van der Waals surface area contributed by atoms with E-state index in [1.807, 2.05) is 32.0 Å². The van der Waals surface area contributed by atoms with Gasteiger partial charge in [0.05, 0.1) is 18.6 Å². The fraction of sp³-hybridized carbons (Fsp3) is 0.533. The second kappa shape index (κ2) is 5.21. The number of carbonyl (C=O) groups excluding carboxylic acids is 1. The molecule has 1 unspecified atom stereocenters. The Balaban J connectivity index is 2.13. The highest BCUT2D eigenvalue weighted by Gasteiger charge is 2.48. The summed E-state index contributed by atoms with van der Waals surface area (Å²) in [4.78, 5) is 12.2. The summed E-state index contributed by atoms with van der Waals surface area (Å²) in [6.45, 7) is 4.43. The van der Waals surface area contributed by atoms with Crippen molar-refractivity contribution in [1.29, 1.82) is 0 Å². The molecule has 4 heteroatoms. The number of aryl methyl sites for hydroxylation is 1. The summed E-state index contributed by atoms with van der Waals surface area (Å²) >= 11 is 0. The first-order chi connectivity index (χ1) is 9.02. The molecule has 2 rings (SSSR count). The summed E-state index contributed by atoms with van der Waals surface area (Å²) < 4.78 is 5.35. The van der Waals surface area contributed by atoms with Gasteiger partial charge < -0.3 is 15.8 Å². The maximum absolute atomic E-state index is 12.2. The van der Waals surface area contributed by atoms with Crippen LogP contribution in [0.15, 0.2) is 18.2 Å². The van der Waals surface area contributed by atoms with Crippen molar-refractivity contribution >= 4 is 5.91 Å². The molecular weight excluding hydrogens is 240 g/mol. The molecule has 0 saturated heterocycles. The summed E-state index contributed by atoms with van der Waals surface area (Å²) in [5.74, 6) is 0.863. The third-order valence-corrected chi connectivity index (χ3v) is 3.93. The van der Waals surface area contributed by atoms with Crippen LogP contribution in [0.4, 0.5) is 0 Å². The maximum Gasteiger partial charge on any atom is 0.227 e. The lowest BCUT2D eigenvalue weighted by molar-refractivity contribution is -0.126. The van der Waals surface area contributed by atoms with E-state index in [4.69, 9.17) is 10.5 Å². The number of hydrogen-bond donors (Lipinski definition) is 2. The van der Waals surface area contributed by atoms with Gasteiger partial charge in [0, 0.05) is 12.1 Å². The van der Waals surface area contributed by atoms with E-state index in [1.54, 1.807) is 7.11 Å². The molecule has 4 nitrogen and oxygen atoms in total. The number of methoxy groups -OCH3 is 1. The van der Waals surface area contributed by atoms with Gasteiger partial charge >= 0.3 is 0 Å². The third kappa shape index (κ3) is 2.73. The first-order valence-electron chi connectivity index (χ1n) is 6.68. The van der Waals surface area contributed by atoms with Crippen LogP contribution in [0.5, 0.6) is 5.75 Å². The van der Waals surface area contributed by atoms with Gasteiger partial charge in [-0.3, -0.25) is 4.79 Å². The zero-order valence-corrected chi connectivity index (χ0v) is 11.8. The topological polar surface area (TPSA) is 64.3 Å². The molecule has 0 aromatic heterocycles. The highest BCUT2D eigenvalue weighted by Crippen LogP contribution is 2.45. The van der Waals surface area contributed by atoms with Gasteiger partial charge in [-0.05, 0) is 32.8 Å². The van der Waals surface area contributed by atoms with Crippen molar-refractivity contribution in [2.24, 2.45) is 11.1 Å². The molecule has 1 aromatic carbocycles. The highest BCUT2D eigenvalue weighted by atomic mass is 16.5. The monoisotopic (exact) mass is 262 g/mol. The average molecular weight is 262 g/mol. The van der Waals surface area contributed by atoms with E-state index in [0.717, 1.165) is 29.7 Å². The van der Waals surface area contributed by atoms with E-state index in [-0.39, 0.29) is 17.4 Å². The number of nitrogens with one attached hydrogen (secondary N) is 1. The second-order valence-corrected chi connectivity index (χ2v) is 5.43. The van der Waals surface area contributed by atoms with E-state index in [9.17, 15) is 4.79 Å². The Hall–Kier alpha value is -1.55. The number of ether oxygens (including phenoxy) is 1. The van der Waals surface area contributed by atoms with Crippen LogP contribution in [0.3, 0.4) is 0 Å². The molecule has 19 heavy (non-hydrogen) atoms. The molecule has 0 radical (unpaired) electrons. The van der Waals surface area contributed by atoms with Gasteiger partial charge in [0.1, 0.15) is 5.75 Å². The molecule has 1 atom stereocenters. The Bertz CT molecular complexity index is 481. The molecule has 1 aliphatic rings. The minimum atomic E-state index is -0.314. The van der Waals surface area contributed by atoms with Gasteiger partial charge in [-0.1, -0.05) is 17.7 Å². The second-order valence-electron chi connectivity index (χ2n) is 5.43. The van der Waals surface area contributed by atoms with Gasteiger partial charge in [-0.15, -0.1) is 0 Å². The van der Waals surface area contributed by atoms with Crippen LogP contribution in [0.1, 0.15) is 36.9 Å². The van der Waals surface area contributed by atoms with Gasteiger partial charge in [0.15, 0.2) is 0 Å².